The number of para-hydroxylation sites is 1. The molecule has 0 bridgehead atoms. The van der Waals surface area contributed by atoms with Gasteiger partial charge in [0.2, 0.25) is 0 Å². The standard InChI is InChI=1S/C28H19F3N2O2/c29-28(30,31)25-6-1-2-7-26(25)33-17-24(27(32-33)19-10-14-23(35)15-11-19)21-5-3-4-20(16-21)18-8-12-22(34)13-9-18/h1-17,34-35H. The molecule has 4 nitrogen and oxygen atoms in total. The predicted octanol–water partition coefficient (Wildman–Crippen LogP) is 7.30. The van der Waals surface area contributed by atoms with E-state index in [0.29, 0.717) is 16.8 Å². The highest BCUT2D eigenvalue weighted by atomic mass is 19.4. The summed E-state index contributed by atoms with van der Waals surface area (Å²) in [5.74, 6) is 0.232. The van der Waals surface area contributed by atoms with Crippen molar-refractivity contribution in [3.63, 3.8) is 0 Å². The number of aromatic hydroxyl groups is 2. The number of rotatable bonds is 4. The summed E-state index contributed by atoms with van der Waals surface area (Å²) < 4.78 is 42.4. The van der Waals surface area contributed by atoms with E-state index >= 15 is 0 Å². The van der Waals surface area contributed by atoms with Crippen LogP contribution in [0.4, 0.5) is 13.2 Å². The quantitative estimate of drug-likeness (QED) is 0.288. The number of phenols is 2. The molecular weight excluding hydrogens is 453 g/mol. The number of hydrogen-bond donors (Lipinski definition) is 2. The fraction of sp³-hybridized carbons (Fsp3) is 0.0357. The highest BCUT2D eigenvalue weighted by Gasteiger charge is 2.34. The van der Waals surface area contributed by atoms with Crippen molar-refractivity contribution < 1.29 is 23.4 Å². The van der Waals surface area contributed by atoms with Crippen molar-refractivity contribution in [1.29, 1.82) is 0 Å². The van der Waals surface area contributed by atoms with Gasteiger partial charge in [-0.1, -0.05) is 42.5 Å². The van der Waals surface area contributed by atoms with Gasteiger partial charge in [0.1, 0.15) is 17.2 Å². The van der Waals surface area contributed by atoms with E-state index in [-0.39, 0.29) is 17.2 Å². The van der Waals surface area contributed by atoms with Crippen molar-refractivity contribution >= 4 is 0 Å². The van der Waals surface area contributed by atoms with Crippen LogP contribution in [-0.4, -0.2) is 20.0 Å². The van der Waals surface area contributed by atoms with Gasteiger partial charge in [0, 0.05) is 17.3 Å². The molecule has 2 N–H and O–H groups in total. The third-order valence-corrected chi connectivity index (χ3v) is 5.69. The Hall–Kier alpha value is -4.52. The van der Waals surface area contributed by atoms with Crippen molar-refractivity contribution in [3.05, 3.63) is 109 Å². The zero-order chi connectivity index (χ0) is 24.6. The summed E-state index contributed by atoms with van der Waals surface area (Å²) in [5, 5.41) is 23.9. The molecule has 35 heavy (non-hydrogen) atoms. The summed E-state index contributed by atoms with van der Waals surface area (Å²) in [6.45, 7) is 0. The van der Waals surface area contributed by atoms with E-state index < -0.39 is 11.7 Å². The van der Waals surface area contributed by atoms with Crippen molar-refractivity contribution in [2.75, 3.05) is 0 Å². The molecule has 0 unspecified atom stereocenters. The Bertz CT molecular complexity index is 1490. The second-order valence-corrected chi connectivity index (χ2v) is 8.03. The van der Waals surface area contributed by atoms with Crippen molar-refractivity contribution in [3.8, 4) is 50.7 Å². The molecule has 4 aromatic carbocycles. The Labute approximate surface area is 199 Å². The Morgan fingerprint density at radius 2 is 1.23 bits per heavy atom. The molecule has 1 aromatic heterocycles. The van der Waals surface area contributed by atoms with Gasteiger partial charge in [0.25, 0.3) is 0 Å². The molecule has 174 valence electrons. The molecule has 0 fully saturated rings. The van der Waals surface area contributed by atoms with Crippen LogP contribution in [0.15, 0.2) is 103 Å². The van der Waals surface area contributed by atoms with Gasteiger partial charge in [-0.3, -0.25) is 0 Å². The topological polar surface area (TPSA) is 58.3 Å². The number of halogens is 3. The van der Waals surface area contributed by atoms with E-state index in [0.717, 1.165) is 22.8 Å². The molecule has 5 aromatic rings. The summed E-state index contributed by atoms with van der Waals surface area (Å²) in [7, 11) is 0. The van der Waals surface area contributed by atoms with Gasteiger partial charge in [0.15, 0.2) is 0 Å². The Morgan fingerprint density at radius 3 is 1.89 bits per heavy atom. The average Bonchev–Trinajstić information content (AvgIpc) is 3.30. The molecule has 0 atom stereocenters. The molecule has 0 spiro atoms. The SMILES string of the molecule is Oc1ccc(-c2cccc(-c3cn(-c4ccccc4C(F)(F)F)nc3-c3ccc(O)cc3)c2)cc1. The summed E-state index contributed by atoms with van der Waals surface area (Å²) in [6.07, 6.45) is -2.96. The molecule has 0 saturated carbocycles. The number of benzene rings is 4. The fourth-order valence-corrected chi connectivity index (χ4v) is 3.97. The molecule has 0 aliphatic rings. The molecule has 0 saturated heterocycles. The van der Waals surface area contributed by atoms with Gasteiger partial charge in [0.05, 0.1) is 11.3 Å². The average molecular weight is 472 g/mol. The lowest BCUT2D eigenvalue weighted by Gasteiger charge is -2.12. The number of alkyl halides is 3. The first-order valence-corrected chi connectivity index (χ1v) is 10.7. The zero-order valence-corrected chi connectivity index (χ0v) is 18.2. The maximum absolute atomic E-state index is 13.7. The predicted molar refractivity (Wildman–Crippen MR) is 128 cm³/mol. The second kappa shape index (κ2) is 8.68. The van der Waals surface area contributed by atoms with Gasteiger partial charge in [-0.25, -0.2) is 4.68 Å². The van der Waals surface area contributed by atoms with E-state index in [1.165, 1.54) is 35.0 Å². The van der Waals surface area contributed by atoms with E-state index in [1.54, 1.807) is 42.6 Å². The van der Waals surface area contributed by atoms with Crippen LogP contribution in [-0.2, 0) is 6.18 Å². The van der Waals surface area contributed by atoms with Gasteiger partial charge < -0.3 is 10.2 Å². The number of phenolic OH excluding ortho intramolecular Hbond substituents is 2. The summed E-state index contributed by atoms with van der Waals surface area (Å²) in [5.41, 5.74) is 3.40. The van der Waals surface area contributed by atoms with Crippen LogP contribution in [0.2, 0.25) is 0 Å². The summed E-state index contributed by atoms with van der Waals surface area (Å²) in [6, 6.07) is 26.0. The Balaban J connectivity index is 1.69. The molecule has 0 aliphatic carbocycles. The minimum atomic E-state index is -4.54. The smallest absolute Gasteiger partial charge is 0.418 e. The lowest BCUT2D eigenvalue weighted by molar-refractivity contribution is -0.137. The number of nitrogens with zero attached hydrogens (tertiary/aromatic N) is 2. The third kappa shape index (κ3) is 4.48. The van der Waals surface area contributed by atoms with Crippen molar-refractivity contribution in [2.24, 2.45) is 0 Å². The minimum absolute atomic E-state index is 0.0754. The van der Waals surface area contributed by atoms with Gasteiger partial charge >= 0.3 is 6.18 Å². The van der Waals surface area contributed by atoms with E-state index in [9.17, 15) is 23.4 Å². The third-order valence-electron chi connectivity index (χ3n) is 5.69. The number of hydrogen-bond acceptors (Lipinski definition) is 3. The summed E-state index contributed by atoms with van der Waals surface area (Å²) >= 11 is 0. The van der Waals surface area contributed by atoms with Crippen molar-refractivity contribution in [2.45, 2.75) is 6.18 Å². The first-order chi connectivity index (χ1) is 16.8. The normalized spacial score (nSPS) is 11.5. The van der Waals surface area contributed by atoms with Crippen LogP contribution in [0.3, 0.4) is 0 Å². The van der Waals surface area contributed by atoms with Crippen LogP contribution in [0.25, 0.3) is 39.2 Å². The highest BCUT2D eigenvalue weighted by Crippen LogP contribution is 2.38. The Morgan fingerprint density at radius 1 is 0.629 bits per heavy atom. The van der Waals surface area contributed by atoms with E-state index in [2.05, 4.69) is 5.10 Å². The molecule has 0 amide bonds. The molecule has 0 radical (unpaired) electrons. The molecule has 7 heteroatoms. The second-order valence-electron chi connectivity index (χ2n) is 8.03. The molecule has 5 rings (SSSR count). The van der Waals surface area contributed by atoms with Crippen LogP contribution in [0, 0.1) is 0 Å². The zero-order valence-electron chi connectivity index (χ0n) is 18.2. The van der Waals surface area contributed by atoms with Crippen LogP contribution in [0.1, 0.15) is 5.56 Å². The van der Waals surface area contributed by atoms with Gasteiger partial charge in [-0.2, -0.15) is 18.3 Å². The lowest BCUT2D eigenvalue weighted by atomic mass is 9.97. The molecule has 1 heterocycles. The minimum Gasteiger partial charge on any atom is -0.508 e. The molecular formula is C28H19F3N2O2. The van der Waals surface area contributed by atoms with E-state index in [4.69, 9.17) is 0 Å². The molecule has 0 aliphatic heterocycles. The van der Waals surface area contributed by atoms with Crippen molar-refractivity contribution in [1.82, 2.24) is 9.78 Å². The highest BCUT2D eigenvalue weighted by molar-refractivity contribution is 5.83. The summed E-state index contributed by atoms with van der Waals surface area (Å²) in [4.78, 5) is 0. The fourth-order valence-electron chi connectivity index (χ4n) is 3.97. The largest absolute Gasteiger partial charge is 0.508 e. The van der Waals surface area contributed by atoms with E-state index in [1.807, 2.05) is 24.3 Å². The number of aromatic nitrogens is 2. The first-order valence-electron chi connectivity index (χ1n) is 10.7. The monoisotopic (exact) mass is 472 g/mol. The Kier molecular flexibility index (Phi) is 5.53. The lowest BCUT2D eigenvalue weighted by Crippen LogP contribution is -2.10. The first kappa shape index (κ1) is 22.3. The van der Waals surface area contributed by atoms with Crippen LogP contribution >= 0.6 is 0 Å². The van der Waals surface area contributed by atoms with Gasteiger partial charge in [-0.15, -0.1) is 0 Å². The van der Waals surface area contributed by atoms with Gasteiger partial charge in [-0.05, 0) is 71.3 Å². The maximum atomic E-state index is 13.7. The van der Waals surface area contributed by atoms with Crippen LogP contribution < -0.4 is 0 Å². The maximum Gasteiger partial charge on any atom is 0.418 e. The van der Waals surface area contributed by atoms with Crippen LogP contribution in [0.5, 0.6) is 11.5 Å².